The Bertz CT molecular complexity index is 1240. The molecule has 0 aromatic heterocycles. The van der Waals surface area contributed by atoms with E-state index in [4.69, 9.17) is 29.5 Å². The lowest BCUT2D eigenvalue weighted by molar-refractivity contribution is -0.153. The fraction of sp³-hybridized carbons (Fsp3) is 0.455. The average Bonchev–Trinajstić information content (AvgIpc) is 2.99. The van der Waals surface area contributed by atoms with Crippen molar-refractivity contribution in [2.75, 3.05) is 13.2 Å². The van der Waals surface area contributed by atoms with E-state index in [2.05, 4.69) is 19.1 Å². The Morgan fingerprint density at radius 1 is 0.952 bits per heavy atom. The molecule has 2 aromatic carbocycles. The van der Waals surface area contributed by atoms with Gasteiger partial charge >= 0.3 is 11.9 Å². The number of unbranched alkanes of at least 4 members (excludes halogenated alkanes) is 2. The zero-order chi connectivity index (χ0) is 30.2. The zero-order valence-electron chi connectivity index (χ0n) is 24.0. The number of esters is 2. The highest BCUT2D eigenvalue weighted by Crippen LogP contribution is 2.30. The van der Waals surface area contributed by atoms with Gasteiger partial charge in [-0.1, -0.05) is 31.9 Å². The van der Waals surface area contributed by atoms with Gasteiger partial charge in [0, 0.05) is 25.0 Å². The van der Waals surface area contributed by atoms with E-state index in [0.717, 1.165) is 19.3 Å². The number of aliphatic hydroxyl groups excluding tert-OH is 1. The molecule has 0 aliphatic heterocycles. The van der Waals surface area contributed by atoms with Crippen LogP contribution >= 0.6 is 0 Å². The minimum atomic E-state index is -0.633. The number of benzene rings is 2. The molecule has 1 saturated carbocycles. The van der Waals surface area contributed by atoms with Gasteiger partial charge < -0.3 is 24.1 Å². The van der Waals surface area contributed by atoms with Crippen LogP contribution < -0.4 is 14.2 Å². The molecule has 0 heterocycles. The van der Waals surface area contributed by atoms with E-state index in [1.54, 1.807) is 48.5 Å². The standard InChI is InChI=1S/C33H38N2O7/c1-2-7-25-10-14-30(36)31(20-25)42-32(37)15-11-24-8-12-27(13-9-24)41-33(38)26-21-28(39-18-5-3-16-34)23-29(22-26)40-19-6-4-17-35/h8-9,11-13,15,21-23,25,30-31,36H,2-7,10,14,18-20H2,1H3/b15-11+. The summed E-state index contributed by atoms with van der Waals surface area (Å²) in [5, 5.41) is 27.7. The van der Waals surface area contributed by atoms with Crippen LogP contribution in [0, 0.1) is 28.6 Å². The molecule has 222 valence electrons. The zero-order valence-corrected chi connectivity index (χ0v) is 24.0. The molecule has 1 aliphatic rings. The largest absolute Gasteiger partial charge is 0.493 e. The molecule has 1 fully saturated rings. The Labute approximate surface area is 247 Å². The maximum absolute atomic E-state index is 12.9. The molecule has 9 heteroatoms. The molecule has 0 spiro atoms. The summed E-state index contributed by atoms with van der Waals surface area (Å²) in [6.07, 6.45) is 8.03. The van der Waals surface area contributed by atoms with Crippen LogP contribution in [0.1, 0.15) is 80.6 Å². The van der Waals surface area contributed by atoms with Gasteiger partial charge in [0.15, 0.2) is 0 Å². The summed E-state index contributed by atoms with van der Waals surface area (Å²) in [4.78, 5) is 25.3. The number of carbonyl (C=O) groups excluding carboxylic acids is 2. The molecular formula is C33H38N2O7. The first-order valence-corrected chi connectivity index (χ1v) is 14.5. The minimum Gasteiger partial charge on any atom is -0.493 e. The van der Waals surface area contributed by atoms with Crippen LogP contribution in [0.2, 0.25) is 0 Å². The highest BCUT2D eigenvalue weighted by Gasteiger charge is 2.31. The smallest absolute Gasteiger partial charge is 0.343 e. The van der Waals surface area contributed by atoms with Crippen LogP contribution in [0.4, 0.5) is 0 Å². The molecular weight excluding hydrogens is 536 g/mol. The van der Waals surface area contributed by atoms with E-state index < -0.39 is 24.1 Å². The van der Waals surface area contributed by atoms with Crippen molar-refractivity contribution >= 4 is 18.0 Å². The second-order valence-corrected chi connectivity index (χ2v) is 10.2. The molecule has 3 unspecified atom stereocenters. The Hall–Kier alpha value is -4.34. The molecule has 9 nitrogen and oxygen atoms in total. The van der Waals surface area contributed by atoms with Gasteiger partial charge in [-0.25, -0.2) is 9.59 Å². The molecule has 42 heavy (non-hydrogen) atoms. The third-order valence-electron chi connectivity index (χ3n) is 6.85. The van der Waals surface area contributed by atoms with Gasteiger partial charge in [-0.3, -0.25) is 0 Å². The van der Waals surface area contributed by atoms with Crippen LogP contribution in [0.3, 0.4) is 0 Å². The van der Waals surface area contributed by atoms with Crippen LogP contribution in [0.5, 0.6) is 17.2 Å². The monoisotopic (exact) mass is 574 g/mol. The first kappa shape index (κ1) is 32.2. The molecule has 0 amide bonds. The maximum Gasteiger partial charge on any atom is 0.343 e. The van der Waals surface area contributed by atoms with E-state index >= 15 is 0 Å². The number of nitrogens with zero attached hydrogens (tertiary/aromatic N) is 2. The van der Waals surface area contributed by atoms with Crippen LogP contribution in [-0.2, 0) is 9.53 Å². The third kappa shape index (κ3) is 10.9. The number of carbonyl (C=O) groups is 2. The Morgan fingerprint density at radius 3 is 2.19 bits per heavy atom. The Balaban J connectivity index is 1.59. The predicted octanol–water partition coefficient (Wildman–Crippen LogP) is 6.16. The van der Waals surface area contributed by atoms with Crippen molar-refractivity contribution in [3.8, 4) is 29.4 Å². The SMILES string of the molecule is CCCC1CCC(O)C(OC(=O)/C=C/c2ccc(OC(=O)c3cc(OCCCC#N)cc(OCCCC#N)c3)cc2)C1. The molecule has 3 rings (SSSR count). The molecule has 3 atom stereocenters. The van der Waals surface area contributed by atoms with Crippen molar-refractivity contribution in [2.24, 2.45) is 5.92 Å². The Kier molecular flexibility index (Phi) is 13.4. The summed E-state index contributed by atoms with van der Waals surface area (Å²) in [5.74, 6) is 0.473. The van der Waals surface area contributed by atoms with Gasteiger partial charge in [0.2, 0.25) is 0 Å². The second kappa shape index (κ2) is 17.5. The lowest BCUT2D eigenvalue weighted by Crippen LogP contribution is -2.37. The maximum atomic E-state index is 12.9. The molecule has 1 aliphatic carbocycles. The number of rotatable bonds is 15. The first-order valence-electron chi connectivity index (χ1n) is 14.5. The number of nitriles is 2. The van der Waals surface area contributed by atoms with Crippen LogP contribution in [-0.4, -0.2) is 42.5 Å². The minimum absolute atomic E-state index is 0.223. The normalized spacial score (nSPS) is 18.0. The van der Waals surface area contributed by atoms with E-state index in [0.29, 0.717) is 80.5 Å². The van der Waals surface area contributed by atoms with E-state index in [-0.39, 0.29) is 5.56 Å². The van der Waals surface area contributed by atoms with Crippen molar-refractivity contribution in [3.05, 3.63) is 59.7 Å². The molecule has 1 N–H and O–H groups in total. The van der Waals surface area contributed by atoms with E-state index in [1.165, 1.54) is 6.08 Å². The fourth-order valence-electron chi connectivity index (χ4n) is 4.70. The van der Waals surface area contributed by atoms with Gasteiger partial charge in [-0.05, 0) is 73.9 Å². The lowest BCUT2D eigenvalue weighted by atomic mass is 9.83. The van der Waals surface area contributed by atoms with Crippen molar-refractivity contribution in [3.63, 3.8) is 0 Å². The van der Waals surface area contributed by atoms with Crippen LogP contribution in [0.15, 0.2) is 48.5 Å². The summed E-state index contributed by atoms with van der Waals surface area (Å²) in [5.41, 5.74) is 0.932. The quantitative estimate of drug-likeness (QED) is 0.115. The molecule has 0 radical (unpaired) electrons. The molecule has 2 aromatic rings. The van der Waals surface area contributed by atoms with Gasteiger partial charge in [-0.2, -0.15) is 10.5 Å². The summed E-state index contributed by atoms with van der Waals surface area (Å²) in [6.45, 7) is 2.74. The third-order valence-corrected chi connectivity index (χ3v) is 6.85. The van der Waals surface area contributed by atoms with E-state index in [1.807, 2.05) is 0 Å². The number of hydrogen-bond acceptors (Lipinski definition) is 9. The van der Waals surface area contributed by atoms with E-state index in [9.17, 15) is 14.7 Å². The second-order valence-electron chi connectivity index (χ2n) is 10.2. The van der Waals surface area contributed by atoms with Gasteiger partial charge in [0.05, 0.1) is 37.0 Å². The van der Waals surface area contributed by atoms with Crippen LogP contribution in [0.25, 0.3) is 6.08 Å². The van der Waals surface area contributed by atoms with Crippen molar-refractivity contribution in [1.82, 2.24) is 0 Å². The summed E-state index contributed by atoms with van der Waals surface area (Å²) < 4.78 is 22.5. The summed E-state index contributed by atoms with van der Waals surface area (Å²) >= 11 is 0. The highest BCUT2D eigenvalue weighted by molar-refractivity contribution is 5.92. The topological polar surface area (TPSA) is 139 Å². The summed E-state index contributed by atoms with van der Waals surface area (Å²) in [7, 11) is 0. The highest BCUT2D eigenvalue weighted by atomic mass is 16.6. The predicted molar refractivity (Wildman–Crippen MR) is 156 cm³/mol. The summed E-state index contributed by atoms with van der Waals surface area (Å²) in [6, 6.07) is 15.5. The fourth-order valence-corrected chi connectivity index (χ4v) is 4.70. The van der Waals surface area contributed by atoms with Crippen molar-refractivity contribution in [2.45, 2.75) is 76.9 Å². The van der Waals surface area contributed by atoms with Crippen molar-refractivity contribution in [1.29, 1.82) is 10.5 Å². The van der Waals surface area contributed by atoms with Gasteiger partial charge in [0.25, 0.3) is 0 Å². The first-order chi connectivity index (χ1) is 20.4. The molecule has 0 saturated heterocycles. The number of ether oxygens (including phenoxy) is 4. The van der Waals surface area contributed by atoms with Gasteiger partial charge in [-0.15, -0.1) is 0 Å². The lowest BCUT2D eigenvalue weighted by Gasteiger charge is -2.32. The average molecular weight is 575 g/mol. The number of aliphatic hydroxyl groups is 1. The number of hydrogen-bond donors (Lipinski definition) is 1. The van der Waals surface area contributed by atoms with Gasteiger partial charge in [0.1, 0.15) is 23.4 Å². The molecule has 0 bridgehead atoms. The Morgan fingerprint density at radius 2 is 1.60 bits per heavy atom. The van der Waals surface area contributed by atoms with Crippen molar-refractivity contribution < 1.29 is 33.6 Å².